The number of hydrogen-bond acceptors (Lipinski definition) is 2. The molecule has 1 aromatic rings. The van der Waals surface area contributed by atoms with E-state index < -0.39 is 0 Å². The fraction of sp³-hybridized carbons (Fsp3) is 0.652. The van der Waals surface area contributed by atoms with Crippen molar-refractivity contribution in [1.82, 2.24) is 0 Å². The van der Waals surface area contributed by atoms with Gasteiger partial charge in [0.15, 0.2) is 5.78 Å². The lowest BCUT2D eigenvalue weighted by Gasteiger charge is -1.95. The van der Waals surface area contributed by atoms with E-state index in [2.05, 4.69) is 18.8 Å². The lowest BCUT2D eigenvalue weighted by Crippen LogP contribution is -1.92. The maximum absolute atomic E-state index is 10.8. The van der Waals surface area contributed by atoms with Crippen molar-refractivity contribution in [3.05, 3.63) is 35.4 Å². The third-order valence-corrected chi connectivity index (χ3v) is 2.45. The summed E-state index contributed by atoms with van der Waals surface area (Å²) in [4.78, 5) is 14.9. The monoisotopic (exact) mass is 353 g/mol. The summed E-state index contributed by atoms with van der Waals surface area (Å²) < 4.78 is 0. The highest BCUT2D eigenvalue weighted by Gasteiger charge is 1.95. The van der Waals surface area contributed by atoms with Crippen LogP contribution in [0.1, 0.15) is 105 Å². The van der Waals surface area contributed by atoms with Gasteiger partial charge in [-0.2, -0.15) is 0 Å². The smallest absolute Gasteiger partial charge is 0.159 e. The minimum atomic E-state index is 0.125. The van der Waals surface area contributed by atoms with Crippen molar-refractivity contribution in [2.45, 2.75) is 102 Å². The average Bonchev–Trinajstić information content (AvgIpc) is 2.69. The van der Waals surface area contributed by atoms with Crippen LogP contribution in [-0.4, -0.2) is 18.0 Å². The largest absolute Gasteiger partial charge is 0.295 e. The normalized spacial score (nSPS) is 9.00. The molecule has 0 saturated carbocycles. The summed E-state index contributed by atoms with van der Waals surface area (Å²) >= 11 is 0. The van der Waals surface area contributed by atoms with Crippen LogP contribution < -0.4 is 0 Å². The Balaban J connectivity index is -0.0000000783. The van der Waals surface area contributed by atoms with Gasteiger partial charge >= 0.3 is 0 Å². The number of carbonyl (C=O) groups is 1. The van der Waals surface area contributed by atoms with Crippen LogP contribution in [0.4, 0.5) is 0 Å². The summed E-state index contributed by atoms with van der Waals surface area (Å²) in [6.45, 7) is 25.8. The molecule has 1 atom stereocenters. The fourth-order valence-electron chi connectivity index (χ4n) is 1.15. The first-order valence-electron chi connectivity index (χ1n) is 10.1. The predicted molar refractivity (Wildman–Crippen MR) is 120 cm³/mol. The molecule has 1 unspecified atom stereocenters. The summed E-state index contributed by atoms with van der Waals surface area (Å²) in [5.74, 6) is 0.125. The molecule has 0 radical (unpaired) electrons. The predicted octanol–water partition coefficient (Wildman–Crippen LogP) is 8.18. The molecule has 0 heterocycles. The maximum atomic E-state index is 10.8. The lowest BCUT2D eigenvalue weighted by atomic mass is 10.1. The number of aryl methyl sites for hydroxylation is 1. The van der Waals surface area contributed by atoms with Crippen LogP contribution in [0.5, 0.6) is 0 Å². The lowest BCUT2D eigenvalue weighted by molar-refractivity contribution is 0.101. The highest BCUT2D eigenvalue weighted by Crippen LogP contribution is 2.02. The van der Waals surface area contributed by atoms with Crippen LogP contribution in [0.2, 0.25) is 0 Å². The molecule has 0 saturated heterocycles. The van der Waals surface area contributed by atoms with Crippen molar-refractivity contribution in [3.8, 4) is 0 Å². The number of aliphatic imine (C=N–C) groups is 1. The zero-order chi connectivity index (χ0) is 21.3. The zero-order valence-electron chi connectivity index (χ0n) is 19.5. The first-order chi connectivity index (χ1) is 12.0. The second-order valence-electron chi connectivity index (χ2n) is 4.09. The Kier molecular flexibility index (Phi) is 47.4. The molecule has 0 spiro atoms. The molecule has 1 aromatic carbocycles. The molecule has 1 rings (SSSR count). The molecular formula is C23H47NO. The Bertz CT molecular complexity index is 353. The van der Waals surface area contributed by atoms with Crippen LogP contribution in [0.15, 0.2) is 29.3 Å². The number of ketones is 1. The van der Waals surface area contributed by atoms with Gasteiger partial charge in [0.05, 0.1) is 0 Å². The first kappa shape index (κ1) is 34.8. The molecule has 2 heteroatoms. The third kappa shape index (κ3) is 30.9. The van der Waals surface area contributed by atoms with Crippen molar-refractivity contribution >= 4 is 12.0 Å². The van der Waals surface area contributed by atoms with Gasteiger partial charge in [-0.3, -0.25) is 9.79 Å². The van der Waals surface area contributed by atoms with Gasteiger partial charge < -0.3 is 0 Å². The summed E-state index contributed by atoms with van der Waals surface area (Å²) in [6, 6.07) is 8.09. The fourth-order valence-corrected chi connectivity index (χ4v) is 1.15. The standard InChI is InChI=1S/C9H10O.C6H13N.4C2H6/c1-7-3-5-9(6-4-7)8(2)10;1-4-6(3)7-5-2;4*1-2/h3-6H,1-2H3;5-6H,4H2,1-3H3;4*1-2H3. The van der Waals surface area contributed by atoms with Gasteiger partial charge in [0.2, 0.25) is 0 Å². The van der Waals surface area contributed by atoms with Crippen molar-refractivity contribution < 1.29 is 4.79 Å². The van der Waals surface area contributed by atoms with Gasteiger partial charge in [0, 0.05) is 11.6 Å². The van der Waals surface area contributed by atoms with Crippen molar-refractivity contribution in [2.24, 2.45) is 4.99 Å². The molecule has 25 heavy (non-hydrogen) atoms. The molecule has 0 amide bonds. The van der Waals surface area contributed by atoms with Crippen LogP contribution in [-0.2, 0) is 0 Å². The minimum Gasteiger partial charge on any atom is -0.295 e. The Hall–Kier alpha value is -1.44. The summed E-state index contributed by atoms with van der Waals surface area (Å²) in [6.07, 6.45) is 3.00. The van der Waals surface area contributed by atoms with Gasteiger partial charge in [-0.25, -0.2) is 0 Å². The summed E-state index contributed by atoms with van der Waals surface area (Å²) in [5, 5.41) is 0. The topological polar surface area (TPSA) is 29.4 Å². The Labute approximate surface area is 160 Å². The van der Waals surface area contributed by atoms with Crippen molar-refractivity contribution in [3.63, 3.8) is 0 Å². The van der Waals surface area contributed by atoms with E-state index in [0.717, 1.165) is 12.0 Å². The minimum absolute atomic E-state index is 0.125. The highest BCUT2D eigenvalue weighted by molar-refractivity contribution is 5.93. The van der Waals surface area contributed by atoms with Crippen LogP contribution in [0, 0.1) is 6.92 Å². The third-order valence-electron chi connectivity index (χ3n) is 2.45. The number of carbonyl (C=O) groups excluding carboxylic acids is 1. The van der Waals surface area contributed by atoms with Gasteiger partial charge in [0.1, 0.15) is 0 Å². The molecule has 0 aliphatic heterocycles. The molecule has 150 valence electrons. The van der Waals surface area contributed by atoms with E-state index in [1.807, 2.05) is 99.7 Å². The van der Waals surface area contributed by atoms with E-state index in [9.17, 15) is 4.79 Å². The number of Topliss-reactive ketones (excluding diaryl/α,β-unsaturated/α-hetero) is 1. The van der Waals surface area contributed by atoms with E-state index in [0.29, 0.717) is 6.04 Å². The quantitative estimate of drug-likeness (QED) is 0.398. The Morgan fingerprint density at radius 3 is 1.52 bits per heavy atom. The second kappa shape index (κ2) is 34.0. The molecule has 0 aromatic heterocycles. The molecule has 0 aliphatic carbocycles. The second-order valence-corrected chi connectivity index (χ2v) is 4.09. The molecule has 0 fully saturated rings. The van der Waals surface area contributed by atoms with Gasteiger partial charge in [-0.15, -0.1) is 0 Å². The summed E-state index contributed by atoms with van der Waals surface area (Å²) in [5.41, 5.74) is 1.97. The number of rotatable bonds is 3. The van der Waals surface area contributed by atoms with Gasteiger partial charge in [-0.1, -0.05) is 92.1 Å². The maximum Gasteiger partial charge on any atom is 0.159 e. The Morgan fingerprint density at radius 2 is 1.32 bits per heavy atom. The molecule has 2 nitrogen and oxygen atoms in total. The highest BCUT2D eigenvalue weighted by atomic mass is 16.1. The van der Waals surface area contributed by atoms with E-state index in [1.54, 1.807) is 6.92 Å². The van der Waals surface area contributed by atoms with Gasteiger partial charge in [0.25, 0.3) is 0 Å². The van der Waals surface area contributed by atoms with Crippen LogP contribution in [0.3, 0.4) is 0 Å². The van der Waals surface area contributed by atoms with Crippen LogP contribution in [0.25, 0.3) is 0 Å². The molecular weight excluding hydrogens is 306 g/mol. The van der Waals surface area contributed by atoms with Crippen LogP contribution >= 0.6 is 0 Å². The number of benzene rings is 1. The first-order valence-corrected chi connectivity index (χ1v) is 10.1. The number of hydrogen-bond donors (Lipinski definition) is 0. The number of nitrogens with zero attached hydrogens (tertiary/aromatic N) is 1. The van der Waals surface area contributed by atoms with Crippen molar-refractivity contribution in [2.75, 3.05) is 0 Å². The molecule has 0 N–H and O–H groups in total. The average molecular weight is 354 g/mol. The Morgan fingerprint density at radius 1 is 0.960 bits per heavy atom. The molecule has 0 bridgehead atoms. The van der Waals surface area contributed by atoms with Gasteiger partial charge in [-0.05, 0) is 40.3 Å². The summed E-state index contributed by atoms with van der Waals surface area (Å²) in [7, 11) is 0. The van der Waals surface area contributed by atoms with E-state index in [4.69, 9.17) is 0 Å². The van der Waals surface area contributed by atoms with E-state index >= 15 is 0 Å². The zero-order valence-corrected chi connectivity index (χ0v) is 19.5. The van der Waals surface area contributed by atoms with Crippen molar-refractivity contribution in [1.29, 1.82) is 0 Å². The SMILES string of the molecule is CC.CC.CC.CC.CC(=O)c1ccc(C)cc1.CC=NC(C)CC. The van der Waals surface area contributed by atoms with E-state index in [-0.39, 0.29) is 5.78 Å². The van der Waals surface area contributed by atoms with E-state index in [1.165, 1.54) is 5.56 Å². The molecule has 0 aliphatic rings.